The number of ether oxygens (including phenoxy) is 1. The van der Waals surface area contributed by atoms with E-state index in [0.717, 1.165) is 44.5 Å². The number of aliphatic imine (C=N–C) groups is 1. The van der Waals surface area contributed by atoms with E-state index in [1.165, 1.54) is 0 Å². The fourth-order valence-electron chi connectivity index (χ4n) is 4.82. The summed E-state index contributed by atoms with van der Waals surface area (Å²) in [6, 6.07) is 0.537. The number of rotatable bonds is 4. The van der Waals surface area contributed by atoms with Gasteiger partial charge in [-0.05, 0) is 73.3 Å². The van der Waals surface area contributed by atoms with Crippen molar-refractivity contribution in [2.75, 3.05) is 26.2 Å². The maximum absolute atomic E-state index is 13.2. The molecular weight excluding hydrogens is 368 g/mol. The van der Waals surface area contributed by atoms with E-state index < -0.39 is 11.1 Å². The second kappa shape index (κ2) is 8.25. The van der Waals surface area contributed by atoms with E-state index in [2.05, 4.69) is 4.90 Å². The largest absolute Gasteiger partial charge is 0.443 e. The lowest BCUT2D eigenvalue weighted by molar-refractivity contribution is -0.134. The minimum Gasteiger partial charge on any atom is -0.443 e. The van der Waals surface area contributed by atoms with Gasteiger partial charge in [-0.3, -0.25) is 19.6 Å². The van der Waals surface area contributed by atoms with Gasteiger partial charge in [0, 0.05) is 31.7 Å². The highest BCUT2D eigenvalue weighted by atomic mass is 16.6. The summed E-state index contributed by atoms with van der Waals surface area (Å²) in [6.07, 6.45) is 4.25. The lowest BCUT2D eigenvalue weighted by Crippen LogP contribution is -2.58. The van der Waals surface area contributed by atoms with Gasteiger partial charge in [0.1, 0.15) is 11.4 Å². The molecule has 1 atom stereocenters. The first-order chi connectivity index (χ1) is 13.6. The number of amidine groups is 1. The van der Waals surface area contributed by atoms with Crippen LogP contribution in [0.2, 0.25) is 0 Å². The zero-order chi connectivity index (χ0) is 21.4. The van der Waals surface area contributed by atoms with Gasteiger partial charge in [0.15, 0.2) is 5.54 Å². The first kappa shape index (κ1) is 22.1. The summed E-state index contributed by atoms with van der Waals surface area (Å²) < 4.78 is 5.65. The number of carbonyl (C=O) groups excluding carboxylic acids is 2. The lowest BCUT2D eigenvalue weighted by atomic mass is 9.87. The number of piperidine rings is 2. The number of nitrogens with zero attached hydrogens (tertiary/aromatic N) is 4. The van der Waals surface area contributed by atoms with E-state index in [4.69, 9.17) is 9.73 Å². The Hall–Kier alpha value is -1.63. The normalized spacial score (nSPS) is 27.1. The van der Waals surface area contributed by atoms with E-state index >= 15 is 0 Å². The van der Waals surface area contributed by atoms with Crippen LogP contribution in [-0.4, -0.2) is 81.9 Å². The molecule has 2 fully saturated rings. The molecule has 7 heteroatoms. The number of amides is 2. The Morgan fingerprint density at radius 2 is 1.93 bits per heavy atom. The Morgan fingerprint density at radius 1 is 1.28 bits per heavy atom. The highest BCUT2D eigenvalue weighted by molar-refractivity contribution is 6.07. The van der Waals surface area contributed by atoms with Crippen LogP contribution >= 0.6 is 0 Å². The molecule has 1 unspecified atom stereocenters. The van der Waals surface area contributed by atoms with Crippen LogP contribution in [0.15, 0.2) is 4.99 Å². The number of hydrogen-bond acceptors (Lipinski definition) is 5. The molecule has 7 nitrogen and oxygen atoms in total. The molecule has 164 valence electrons. The zero-order valence-electron chi connectivity index (χ0n) is 19.0. The van der Waals surface area contributed by atoms with Crippen LogP contribution in [0, 0.1) is 0 Å². The number of likely N-dealkylation sites (tertiary alicyclic amines) is 2. The summed E-state index contributed by atoms with van der Waals surface area (Å²) in [5.41, 5.74) is -1.03. The summed E-state index contributed by atoms with van der Waals surface area (Å²) >= 11 is 0. The SMILES string of the molecule is CCC(C)(C)OC(=O)N1CCC(N2CCCC3(C2)N=C(C)N(C(C)C)C3=O)CC1. The van der Waals surface area contributed by atoms with Crippen molar-refractivity contribution in [3.05, 3.63) is 0 Å². The predicted molar refractivity (Wildman–Crippen MR) is 114 cm³/mol. The molecule has 0 radical (unpaired) electrons. The summed E-state index contributed by atoms with van der Waals surface area (Å²) in [4.78, 5) is 36.6. The Morgan fingerprint density at radius 3 is 2.48 bits per heavy atom. The molecule has 0 N–H and O–H groups in total. The number of carbonyl (C=O) groups is 2. The van der Waals surface area contributed by atoms with E-state index in [9.17, 15) is 9.59 Å². The van der Waals surface area contributed by atoms with Gasteiger partial charge in [-0.2, -0.15) is 0 Å². The molecule has 3 rings (SSSR count). The molecular formula is C22H38N4O3. The Labute approximate surface area is 175 Å². The van der Waals surface area contributed by atoms with E-state index in [1.807, 2.05) is 51.3 Å². The van der Waals surface area contributed by atoms with Crippen LogP contribution in [-0.2, 0) is 9.53 Å². The van der Waals surface area contributed by atoms with Gasteiger partial charge in [0.05, 0.1) is 0 Å². The van der Waals surface area contributed by atoms with Gasteiger partial charge in [0.25, 0.3) is 5.91 Å². The van der Waals surface area contributed by atoms with Gasteiger partial charge >= 0.3 is 6.09 Å². The quantitative estimate of drug-likeness (QED) is 0.719. The molecule has 0 aromatic heterocycles. The second-order valence-electron chi connectivity index (χ2n) is 9.73. The molecule has 3 heterocycles. The maximum Gasteiger partial charge on any atom is 0.410 e. The van der Waals surface area contributed by atoms with Crippen molar-refractivity contribution in [3.8, 4) is 0 Å². The molecule has 0 saturated carbocycles. The van der Waals surface area contributed by atoms with Crippen LogP contribution in [0.3, 0.4) is 0 Å². The standard InChI is InChI=1S/C22H38N4O3/c1-7-21(5,6)29-20(28)24-13-9-18(10-14-24)25-12-8-11-22(15-25)19(27)26(16(2)3)17(4)23-22/h16,18H,7-15H2,1-6H3. The van der Waals surface area contributed by atoms with Gasteiger partial charge in [0.2, 0.25) is 0 Å². The third-order valence-corrected chi connectivity index (χ3v) is 6.81. The smallest absolute Gasteiger partial charge is 0.410 e. The third-order valence-electron chi connectivity index (χ3n) is 6.81. The summed E-state index contributed by atoms with van der Waals surface area (Å²) in [5.74, 6) is 1.01. The first-order valence-electron chi connectivity index (χ1n) is 11.2. The summed E-state index contributed by atoms with van der Waals surface area (Å²) in [7, 11) is 0. The van der Waals surface area contributed by atoms with Gasteiger partial charge in [-0.1, -0.05) is 6.92 Å². The topological polar surface area (TPSA) is 65.5 Å². The molecule has 3 aliphatic rings. The molecule has 0 bridgehead atoms. The van der Waals surface area contributed by atoms with Crippen molar-refractivity contribution < 1.29 is 14.3 Å². The van der Waals surface area contributed by atoms with Crippen molar-refractivity contribution in [2.45, 2.75) is 96.9 Å². The molecule has 0 aromatic carbocycles. The van der Waals surface area contributed by atoms with E-state index in [1.54, 1.807) is 0 Å². The average Bonchev–Trinajstić information content (AvgIpc) is 2.91. The Kier molecular flexibility index (Phi) is 6.27. The fraction of sp³-hybridized carbons (Fsp3) is 0.864. The van der Waals surface area contributed by atoms with E-state index in [0.29, 0.717) is 25.7 Å². The molecule has 2 amide bonds. The molecule has 0 aliphatic carbocycles. The molecule has 29 heavy (non-hydrogen) atoms. The van der Waals surface area contributed by atoms with Crippen LogP contribution < -0.4 is 0 Å². The van der Waals surface area contributed by atoms with Gasteiger partial charge in [-0.25, -0.2) is 4.79 Å². The highest BCUT2D eigenvalue weighted by Gasteiger charge is 2.51. The minimum atomic E-state index is -0.603. The fourth-order valence-corrected chi connectivity index (χ4v) is 4.82. The van der Waals surface area contributed by atoms with Crippen LogP contribution in [0.1, 0.15) is 73.6 Å². The predicted octanol–water partition coefficient (Wildman–Crippen LogP) is 3.28. The molecule has 2 saturated heterocycles. The van der Waals surface area contributed by atoms with Gasteiger partial charge < -0.3 is 9.64 Å². The Balaban J connectivity index is 1.59. The molecule has 3 aliphatic heterocycles. The van der Waals surface area contributed by atoms with Crippen molar-refractivity contribution in [3.63, 3.8) is 0 Å². The monoisotopic (exact) mass is 406 g/mol. The molecule has 1 spiro atoms. The van der Waals surface area contributed by atoms with Crippen LogP contribution in [0.25, 0.3) is 0 Å². The van der Waals surface area contributed by atoms with Crippen molar-refractivity contribution in [2.24, 2.45) is 4.99 Å². The van der Waals surface area contributed by atoms with Gasteiger partial charge in [-0.15, -0.1) is 0 Å². The van der Waals surface area contributed by atoms with Crippen molar-refractivity contribution in [1.29, 1.82) is 0 Å². The third kappa shape index (κ3) is 4.44. The highest BCUT2D eigenvalue weighted by Crippen LogP contribution is 2.35. The summed E-state index contributed by atoms with van der Waals surface area (Å²) in [5, 5.41) is 0. The van der Waals surface area contributed by atoms with Crippen molar-refractivity contribution >= 4 is 17.8 Å². The second-order valence-corrected chi connectivity index (χ2v) is 9.73. The van der Waals surface area contributed by atoms with Crippen molar-refractivity contribution in [1.82, 2.24) is 14.7 Å². The minimum absolute atomic E-state index is 0.141. The number of hydrogen-bond donors (Lipinski definition) is 0. The summed E-state index contributed by atoms with van der Waals surface area (Å²) in [6.45, 7) is 15.1. The lowest BCUT2D eigenvalue weighted by Gasteiger charge is -2.44. The van der Waals surface area contributed by atoms with Crippen LogP contribution in [0.5, 0.6) is 0 Å². The first-order valence-corrected chi connectivity index (χ1v) is 11.2. The Bertz CT molecular complexity index is 667. The maximum atomic E-state index is 13.2. The molecule has 0 aromatic rings. The average molecular weight is 407 g/mol. The van der Waals surface area contributed by atoms with Crippen LogP contribution in [0.4, 0.5) is 4.79 Å². The zero-order valence-corrected chi connectivity index (χ0v) is 19.0. The van der Waals surface area contributed by atoms with E-state index in [-0.39, 0.29) is 18.0 Å².